The molecule has 0 aromatic carbocycles. The van der Waals surface area contributed by atoms with Crippen LogP contribution in [0.1, 0.15) is 66.7 Å². The summed E-state index contributed by atoms with van der Waals surface area (Å²) in [6.07, 6.45) is 4.21. The van der Waals surface area contributed by atoms with Gasteiger partial charge in [0.05, 0.1) is 0 Å². The number of ether oxygens (including phenoxy) is 2. The predicted octanol–water partition coefficient (Wildman–Crippen LogP) is 3.35. The van der Waals surface area contributed by atoms with E-state index in [2.05, 4.69) is 13.8 Å². The molecule has 120 valence electrons. The molecule has 0 bridgehead atoms. The van der Waals surface area contributed by atoms with Gasteiger partial charge in [-0.25, -0.2) is 0 Å². The molecule has 0 aliphatic rings. The summed E-state index contributed by atoms with van der Waals surface area (Å²) >= 11 is 0. The van der Waals surface area contributed by atoms with Crippen LogP contribution < -0.4 is 0 Å². The largest absolute Gasteiger partial charge is 0.382 e. The van der Waals surface area contributed by atoms with E-state index in [9.17, 15) is 0 Å². The van der Waals surface area contributed by atoms with Gasteiger partial charge in [-0.1, -0.05) is 33.6 Å². The van der Waals surface area contributed by atoms with Crippen molar-refractivity contribution < 1.29 is 19.7 Å². The molecule has 0 atom stereocenters. The zero-order valence-electron chi connectivity index (χ0n) is 13.7. The first-order chi connectivity index (χ1) is 9.10. The van der Waals surface area contributed by atoms with Crippen LogP contribution in [0, 0.1) is 0 Å². The number of rotatable bonds is 9. The summed E-state index contributed by atoms with van der Waals surface area (Å²) in [5.74, 6) is 0. The fraction of sp³-hybridized carbons (Fsp3) is 1.00. The molecule has 0 aromatic rings. The minimum absolute atomic E-state index is 0.417. The number of aliphatic hydroxyl groups excluding tert-OH is 1. The van der Waals surface area contributed by atoms with Crippen molar-refractivity contribution in [3.63, 3.8) is 0 Å². The summed E-state index contributed by atoms with van der Waals surface area (Å²) in [6.45, 7) is 13.6. The van der Waals surface area contributed by atoms with Crippen molar-refractivity contribution in [2.75, 3.05) is 26.4 Å². The van der Waals surface area contributed by atoms with Crippen LogP contribution in [0.25, 0.3) is 0 Å². The highest BCUT2D eigenvalue weighted by Gasteiger charge is 1.84. The van der Waals surface area contributed by atoms with Crippen LogP contribution in [-0.2, 0) is 9.47 Å². The van der Waals surface area contributed by atoms with Crippen molar-refractivity contribution in [2.24, 2.45) is 0 Å². The zero-order valence-corrected chi connectivity index (χ0v) is 13.7. The molecule has 19 heavy (non-hydrogen) atoms. The van der Waals surface area contributed by atoms with Gasteiger partial charge in [-0.2, -0.15) is 0 Å². The quantitative estimate of drug-likeness (QED) is 0.502. The van der Waals surface area contributed by atoms with Crippen LogP contribution in [0.5, 0.6) is 0 Å². The van der Waals surface area contributed by atoms with E-state index in [1.807, 2.05) is 13.8 Å². The summed E-state index contributed by atoms with van der Waals surface area (Å²) in [5.41, 5.74) is 0. The molecule has 0 saturated carbocycles. The van der Waals surface area contributed by atoms with Crippen LogP contribution in [0.15, 0.2) is 0 Å². The van der Waals surface area contributed by atoms with Crippen molar-refractivity contribution in [1.29, 1.82) is 0 Å². The summed E-state index contributed by atoms with van der Waals surface area (Å²) in [4.78, 5) is 0. The maximum Gasteiger partial charge on any atom is 0.151 e. The molecule has 0 radical (unpaired) electrons. The molecule has 4 heteroatoms. The van der Waals surface area contributed by atoms with E-state index < -0.39 is 6.29 Å². The lowest BCUT2D eigenvalue weighted by atomic mass is 10.3. The second-order valence-electron chi connectivity index (χ2n) is 3.99. The minimum Gasteiger partial charge on any atom is -0.382 e. The fourth-order valence-corrected chi connectivity index (χ4v) is 0.799. The molecule has 0 spiro atoms. The SMILES string of the molecule is CCC(O)O.CCCCOCCCC.CCOCC. The highest BCUT2D eigenvalue weighted by molar-refractivity contribution is 4.33. The zero-order chi connectivity index (χ0) is 15.4. The lowest BCUT2D eigenvalue weighted by Crippen LogP contribution is -1.99. The molecule has 2 N–H and O–H groups in total. The van der Waals surface area contributed by atoms with E-state index in [-0.39, 0.29) is 0 Å². The van der Waals surface area contributed by atoms with Crippen LogP contribution in [0.4, 0.5) is 0 Å². The van der Waals surface area contributed by atoms with E-state index in [1.54, 1.807) is 6.92 Å². The third-order valence-electron chi connectivity index (χ3n) is 2.06. The second-order valence-corrected chi connectivity index (χ2v) is 3.99. The van der Waals surface area contributed by atoms with Crippen LogP contribution in [-0.4, -0.2) is 42.9 Å². The van der Waals surface area contributed by atoms with Crippen molar-refractivity contribution in [3.8, 4) is 0 Å². The average molecular weight is 280 g/mol. The lowest BCUT2D eigenvalue weighted by molar-refractivity contribution is -0.0413. The molecule has 0 unspecified atom stereocenters. The molecule has 0 fully saturated rings. The van der Waals surface area contributed by atoms with Crippen LogP contribution in [0.3, 0.4) is 0 Å². The topological polar surface area (TPSA) is 58.9 Å². The molecule has 0 rings (SSSR count). The molecule has 0 aliphatic carbocycles. The first-order valence-electron chi connectivity index (χ1n) is 7.61. The Bertz CT molecular complexity index is 111. The Morgan fingerprint density at radius 3 is 1.26 bits per heavy atom. The molecule has 0 aliphatic heterocycles. The summed E-state index contributed by atoms with van der Waals surface area (Å²) < 4.78 is 10.1. The van der Waals surface area contributed by atoms with Gasteiger partial charge >= 0.3 is 0 Å². The summed E-state index contributed by atoms with van der Waals surface area (Å²) in [6, 6.07) is 0. The Labute approximate surface area is 120 Å². The first-order valence-corrected chi connectivity index (χ1v) is 7.61. The third kappa shape index (κ3) is 46.2. The van der Waals surface area contributed by atoms with Gasteiger partial charge in [-0.05, 0) is 33.1 Å². The number of aliphatic hydroxyl groups is 2. The standard InChI is InChI=1S/C8H18O.C4H10O.C3H8O2/c1-3-5-7-9-8-6-4-2;1-3-5-4-2;1-2-3(4)5/h3-8H2,1-2H3;3-4H2,1-2H3;3-5H,2H2,1H3. The van der Waals surface area contributed by atoms with Crippen molar-refractivity contribution >= 4 is 0 Å². The Hall–Kier alpha value is -0.160. The first kappa shape index (κ1) is 23.9. The predicted molar refractivity (Wildman–Crippen MR) is 81.3 cm³/mol. The number of unbranched alkanes of at least 4 members (excludes halogenated alkanes) is 2. The molecule has 4 nitrogen and oxygen atoms in total. The van der Waals surface area contributed by atoms with Gasteiger partial charge in [0.25, 0.3) is 0 Å². The van der Waals surface area contributed by atoms with E-state index in [1.165, 1.54) is 25.7 Å². The number of hydrogen-bond donors (Lipinski definition) is 2. The molecule has 0 aromatic heterocycles. The van der Waals surface area contributed by atoms with Gasteiger partial charge in [0.15, 0.2) is 6.29 Å². The Morgan fingerprint density at radius 1 is 0.737 bits per heavy atom. The van der Waals surface area contributed by atoms with Gasteiger partial charge in [0.1, 0.15) is 0 Å². The van der Waals surface area contributed by atoms with E-state index in [0.717, 1.165) is 26.4 Å². The van der Waals surface area contributed by atoms with E-state index in [0.29, 0.717) is 6.42 Å². The van der Waals surface area contributed by atoms with Gasteiger partial charge in [-0.3, -0.25) is 0 Å². The minimum atomic E-state index is -1.12. The van der Waals surface area contributed by atoms with Gasteiger partial charge in [0.2, 0.25) is 0 Å². The van der Waals surface area contributed by atoms with E-state index in [4.69, 9.17) is 19.7 Å². The van der Waals surface area contributed by atoms with Gasteiger partial charge in [0, 0.05) is 26.4 Å². The lowest BCUT2D eigenvalue weighted by Gasteiger charge is -1.99. The normalized spacial score (nSPS) is 9.47. The van der Waals surface area contributed by atoms with Crippen molar-refractivity contribution in [3.05, 3.63) is 0 Å². The Balaban J connectivity index is -0.000000219. The van der Waals surface area contributed by atoms with Gasteiger partial charge < -0.3 is 19.7 Å². The van der Waals surface area contributed by atoms with Crippen LogP contribution >= 0.6 is 0 Å². The van der Waals surface area contributed by atoms with Crippen molar-refractivity contribution in [2.45, 2.75) is 73.0 Å². The molecule has 0 amide bonds. The summed E-state index contributed by atoms with van der Waals surface area (Å²) in [7, 11) is 0. The molecular weight excluding hydrogens is 244 g/mol. The highest BCUT2D eigenvalue weighted by Crippen LogP contribution is 1.91. The molecule has 0 saturated heterocycles. The molecule has 0 heterocycles. The van der Waals surface area contributed by atoms with Crippen molar-refractivity contribution in [1.82, 2.24) is 0 Å². The van der Waals surface area contributed by atoms with Crippen LogP contribution in [0.2, 0.25) is 0 Å². The summed E-state index contributed by atoms with van der Waals surface area (Å²) in [5, 5.41) is 15.8. The van der Waals surface area contributed by atoms with Gasteiger partial charge in [-0.15, -0.1) is 0 Å². The Morgan fingerprint density at radius 2 is 1.11 bits per heavy atom. The number of hydrogen-bond acceptors (Lipinski definition) is 4. The smallest absolute Gasteiger partial charge is 0.151 e. The maximum atomic E-state index is 7.92. The Kier molecular flexibility index (Phi) is 33.2. The molecular formula is C15H36O4. The average Bonchev–Trinajstić information content (AvgIpc) is 2.41. The fourth-order valence-electron chi connectivity index (χ4n) is 0.799. The van der Waals surface area contributed by atoms with E-state index >= 15 is 0 Å². The maximum absolute atomic E-state index is 7.92. The highest BCUT2D eigenvalue weighted by atomic mass is 16.5. The second kappa shape index (κ2) is 26.4. The monoisotopic (exact) mass is 280 g/mol. The third-order valence-corrected chi connectivity index (χ3v) is 2.06.